The van der Waals surface area contributed by atoms with Gasteiger partial charge in [-0.05, 0) is 24.0 Å². The van der Waals surface area contributed by atoms with E-state index in [0.29, 0.717) is 12.5 Å². The fraction of sp³-hybridized carbons (Fsp3) is 0.750. The molecule has 0 aliphatic carbocycles. The lowest BCUT2D eigenvalue weighted by atomic mass is 10.1. The lowest BCUT2D eigenvalue weighted by Gasteiger charge is -1.97. The number of nitrogens with two attached hydrogens (primary N) is 1. The lowest BCUT2D eigenvalue weighted by molar-refractivity contribution is 0.625. The summed E-state index contributed by atoms with van der Waals surface area (Å²) in [7, 11) is 0. The minimum Gasteiger partial charge on any atom is -0.330 e. The topological polar surface area (TPSA) is 51.8 Å². The van der Waals surface area contributed by atoms with Crippen molar-refractivity contribution in [1.82, 2.24) is 9.36 Å². The van der Waals surface area contributed by atoms with Crippen LogP contribution in [0.1, 0.15) is 24.7 Å². The van der Waals surface area contributed by atoms with Crippen LogP contribution in [0.5, 0.6) is 0 Å². The van der Waals surface area contributed by atoms with Crippen LogP contribution in [0, 0.1) is 5.92 Å². The van der Waals surface area contributed by atoms with E-state index in [1.165, 1.54) is 11.5 Å². The maximum atomic E-state index is 5.41. The van der Waals surface area contributed by atoms with Gasteiger partial charge in [0.05, 0.1) is 0 Å². The maximum absolute atomic E-state index is 5.41. The summed E-state index contributed by atoms with van der Waals surface area (Å²) in [4.78, 5) is 4.37. The molecule has 0 atom stereocenters. The van der Waals surface area contributed by atoms with E-state index in [1.807, 2.05) is 0 Å². The summed E-state index contributed by atoms with van der Waals surface area (Å²) in [5.41, 5.74) is 5.41. The van der Waals surface area contributed by atoms with Crippen LogP contribution in [0.4, 0.5) is 0 Å². The van der Waals surface area contributed by atoms with Crippen LogP contribution in [0.3, 0.4) is 0 Å². The summed E-state index contributed by atoms with van der Waals surface area (Å²) in [5, 5.41) is 1.06. The van der Waals surface area contributed by atoms with Crippen molar-refractivity contribution in [1.29, 1.82) is 0 Å². The average molecular weight is 185 g/mol. The van der Waals surface area contributed by atoms with Gasteiger partial charge < -0.3 is 5.73 Å². The first-order valence-corrected chi connectivity index (χ1v) is 5.01. The van der Waals surface area contributed by atoms with Gasteiger partial charge in [0.25, 0.3) is 0 Å². The fourth-order valence-electron chi connectivity index (χ4n) is 0.963. The molecule has 1 heterocycles. The van der Waals surface area contributed by atoms with E-state index in [2.05, 4.69) is 23.2 Å². The molecule has 0 amide bonds. The van der Waals surface area contributed by atoms with Crippen LogP contribution in [0.15, 0.2) is 0 Å². The molecule has 4 heteroatoms. The third-order valence-electron chi connectivity index (χ3n) is 1.46. The van der Waals surface area contributed by atoms with E-state index >= 15 is 0 Å². The van der Waals surface area contributed by atoms with E-state index in [0.717, 1.165) is 23.7 Å². The summed E-state index contributed by atoms with van der Waals surface area (Å²) >= 11 is 1.48. The maximum Gasteiger partial charge on any atom is 0.142 e. The first-order chi connectivity index (χ1) is 5.72. The van der Waals surface area contributed by atoms with Gasteiger partial charge in [0.2, 0.25) is 0 Å². The number of hydrogen-bond donors (Lipinski definition) is 1. The van der Waals surface area contributed by atoms with Crippen molar-refractivity contribution in [3.8, 4) is 0 Å². The quantitative estimate of drug-likeness (QED) is 0.767. The van der Waals surface area contributed by atoms with Crippen LogP contribution < -0.4 is 5.73 Å². The second-order valence-corrected chi connectivity index (χ2v) is 4.08. The normalized spacial score (nSPS) is 11.0. The van der Waals surface area contributed by atoms with Crippen molar-refractivity contribution in [2.24, 2.45) is 11.7 Å². The number of hydrogen-bond acceptors (Lipinski definition) is 4. The van der Waals surface area contributed by atoms with Crippen LogP contribution in [0.2, 0.25) is 0 Å². The van der Waals surface area contributed by atoms with E-state index in [4.69, 9.17) is 5.73 Å². The molecule has 0 saturated heterocycles. The molecule has 3 nitrogen and oxygen atoms in total. The van der Waals surface area contributed by atoms with Gasteiger partial charge in [0.15, 0.2) is 0 Å². The summed E-state index contributed by atoms with van der Waals surface area (Å²) in [5.74, 6) is 1.60. The molecule has 0 bridgehead atoms. The van der Waals surface area contributed by atoms with Crippen molar-refractivity contribution in [3.05, 3.63) is 10.8 Å². The fourth-order valence-corrected chi connectivity index (χ4v) is 1.64. The Morgan fingerprint density at radius 2 is 2.25 bits per heavy atom. The zero-order valence-electron chi connectivity index (χ0n) is 7.58. The highest BCUT2D eigenvalue weighted by Gasteiger charge is 2.04. The average Bonchev–Trinajstić information content (AvgIpc) is 2.36. The van der Waals surface area contributed by atoms with Crippen molar-refractivity contribution >= 4 is 11.5 Å². The molecule has 68 valence electrons. The second-order valence-electron chi connectivity index (χ2n) is 3.24. The van der Waals surface area contributed by atoms with Crippen LogP contribution in [-0.2, 0) is 12.8 Å². The zero-order valence-corrected chi connectivity index (χ0v) is 8.40. The van der Waals surface area contributed by atoms with Crippen molar-refractivity contribution in [3.63, 3.8) is 0 Å². The Morgan fingerprint density at radius 1 is 1.50 bits per heavy atom. The van der Waals surface area contributed by atoms with E-state index in [1.54, 1.807) is 0 Å². The summed E-state index contributed by atoms with van der Waals surface area (Å²) in [6.45, 7) is 5.00. The molecule has 0 aromatic carbocycles. The Labute approximate surface area is 77.2 Å². The third kappa shape index (κ3) is 2.87. The smallest absolute Gasteiger partial charge is 0.142 e. The molecular weight excluding hydrogens is 170 g/mol. The van der Waals surface area contributed by atoms with Crippen LogP contribution >= 0.6 is 11.5 Å². The van der Waals surface area contributed by atoms with Gasteiger partial charge in [-0.25, -0.2) is 4.98 Å². The Bertz CT molecular complexity index is 232. The molecular formula is C8H15N3S. The van der Waals surface area contributed by atoms with Gasteiger partial charge >= 0.3 is 0 Å². The minimum atomic E-state index is 0.630. The van der Waals surface area contributed by atoms with Crippen molar-refractivity contribution in [2.75, 3.05) is 6.54 Å². The molecule has 2 N–H and O–H groups in total. The molecule has 0 radical (unpaired) electrons. The number of rotatable bonds is 4. The molecule has 0 saturated carbocycles. The number of aromatic nitrogens is 2. The van der Waals surface area contributed by atoms with Gasteiger partial charge in [-0.15, -0.1) is 0 Å². The molecule has 0 aliphatic heterocycles. The molecule has 1 aromatic heterocycles. The van der Waals surface area contributed by atoms with Crippen molar-refractivity contribution < 1.29 is 0 Å². The van der Waals surface area contributed by atoms with Gasteiger partial charge in [-0.2, -0.15) is 4.37 Å². The zero-order chi connectivity index (χ0) is 8.97. The van der Waals surface area contributed by atoms with Crippen LogP contribution in [-0.4, -0.2) is 15.9 Å². The molecule has 12 heavy (non-hydrogen) atoms. The molecule has 0 spiro atoms. The van der Waals surface area contributed by atoms with E-state index in [-0.39, 0.29) is 0 Å². The first-order valence-electron chi connectivity index (χ1n) is 4.24. The van der Waals surface area contributed by atoms with E-state index in [9.17, 15) is 0 Å². The van der Waals surface area contributed by atoms with E-state index < -0.39 is 0 Å². The highest BCUT2D eigenvalue weighted by molar-refractivity contribution is 7.05. The standard InChI is InChI=1S/C8H15N3S/c1-6(2)5-7-10-8(3-4-9)12-11-7/h6H,3-5,9H2,1-2H3. The molecule has 1 aromatic rings. The second kappa shape index (κ2) is 4.52. The Kier molecular flexibility index (Phi) is 3.62. The summed E-state index contributed by atoms with van der Waals surface area (Å²) in [6.07, 6.45) is 1.83. The van der Waals surface area contributed by atoms with Gasteiger partial charge in [-0.1, -0.05) is 13.8 Å². The SMILES string of the molecule is CC(C)Cc1nsc(CCN)n1. The highest BCUT2D eigenvalue weighted by Crippen LogP contribution is 2.08. The van der Waals surface area contributed by atoms with Gasteiger partial charge in [-0.3, -0.25) is 0 Å². The molecule has 1 rings (SSSR count). The first kappa shape index (κ1) is 9.61. The summed E-state index contributed by atoms with van der Waals surface area (Å²) in [6, 6.07) is 0. The molecule has 0 unspecified atom stereocenters. The predicted molar refractivity (Wildman–Crippen MR) is 51.2 cm³/mol. The lowest BCUT2D eigenvalue weighted by Crippen LogP contribution is -2.02. The Hall–Kier alpha value is -0.480. The predicted octanol–water partition coefficient (Wildman–Crippen LogP) is 1.24. The minimum absolute atomic E-state index is 0.630. The third-order valence-corrected chi connectivity index (χ3v) is 2.27. The summed E-state index contributed by atoms with van der Waals surface area (Å²) < 4.78 is 4.25. The number of nitrogens with zero attached hydrogens (tertiary/aromatic N) is 2. The molecule has 0 aliphatic rings. The molecule has 0 fully saturated rings. The highest BCUT2D eigenvalue weighted by atomic mass is 32.1. The monoisotopic (exact) mass is 185 g/mol. The Morgan fingerprint density at radius 3 is 2.83 bits per heavy atom. The van der Waals surface area contributed by atoms with Crippen LogP contribution in [0.25, 0.3) is 0 Å². The van der Waals surface area contributed by atoms with Gasteiger partial charge in [0, 0.05) is 12.8 Å². The van der Waals surface area contributed by atoms with Gasteiger partial charge in [0.1, 0.15) is 10.8 Å². The largest absolute Gasteiger partial charge is 0.330 e. The van der Waals surface area contributed by atoms with Crippen molar-refractivity contribution in [2.45, 2.75) is 26.7 Å². The Balaban J connectivity index is 2.52.